The van der Waals surface area contributed by atoms with E-state index >= 15 is 0 Å². The fraction of sp³-hybridized carbons (Fsp3) is 0.720. The average Bonchev–Trinajstić information content (AvgIpc) is 3.19. The molecule has 0 unspecified atom stereocenters. The van der Waals surface area contributed by atoms with Gasteiger partial charge in [0.15, 0.2) is 0 Å². The molecule has 3 heterocycles. The number of fused-ring (bicyclic) bond motifs is 1. The van der Waals surface area contributed by atoms with Gasteiger partial charge in [-0.1, -0.05) is 0 Å². The predicted octanol–water partition coefficient (Wildman–Crippen LogP) is 4.24. The zero-order valence-corrected chi connectivity index (χ0v) is 19.6. The molecule has 170 valence electrons. The van der Waals surface area contributed by atoms with Crippen LogP contribution in [0.15, 0.2) is 18.3 Å². The Bertz CT molecular complexity index is 844. The van der Waals surface area contributed by atoms with E-state index in [0.29, 0.717) is 6.04 Å². The van der Waals surface area contributed by atoms with Crippen LogP contribution in [-0.2, 0) is 0 Å². The molecule has 0 atom stereocenters. The molecule has 31 heavy (non-hydrogen) atoms. The third kappa shape index (κ3) is 4.29. The standard InChI is InChI=1S/C25H39N5O/c1-26-23-14-20-18-30(27-22(20)15-24(23)31-3)21-5-10-29(11-6-21)9-4-19-16-25(17-19)7-12-28(2)13-8-25/h14-15,18-19,21,26H,4-13,16-17H2,1-3H3. The molecule has 3 aliphatic rings. The van der Waals surface area contributed by atoms with Gasteiger partial charge < -0.3 is 19.9 Å². The van der Waals surface area contributed by atoms with Crippen LogP contribution in [0, 0.1) is 11.3 Å². The number of likely N-dealkylation sites (tertiary alicyclic amines) is 2. The monoisotopic (exact) mass is 425 g/mol. The van der Waals surface area contributed by atoms with Gasteiger partial charge in [0.25, 0.3) is 0 Å². The van der Waals surface area contributed by atoms with Gasteiger partial charge in [0.2, 0.25) is 0 Å². The second-order valence-corrected chi connectivity index (χ2v) is 10.4. The van der Waals surface area contributed by atoms with Crippen LogP contribution in [0.2, 0.25) is 0 Å². The average molecular weight is 426 g/mol. The lowest BCUT2D eigenvalue weighted by atomic mass is 9.57. The zero-order valence-electron chi connectivity index (χ0n) is 19.6. The highest BCUT2D eigenvalue weighted by atomic mass is 16.5. The van der Waals surface area contributed by atoms with Crippen molar-refractivity contribution in [2.24, 2.45) is 11.3 Å². The van der Waals surface area contributed by atoms with Crippen molar-refractivity contribution in [3.05, 3.63) is 18.3 Å². The highest BCUT2D eigenvalue weighted by molar-refractivity contribution is 5.85. The molecule has 1 aromatic carbocycles. The SMILES string of the molecule is CNc1cc2cn(C3CCN(CCC4CC5(CCN(C)CC5)C4)CC3)nc2cc1OC. The van der Waals surface area contributed by atoms with Gasteiger partial charge in [0.1, 0.15) is 5.75 Å². The minimum absolute atomic E-state index is 0.513. The molecule has 5 rings (SSSR count). The second kappa shape index (κ2) is 8.62. The first-order valence-electron chi connectivity index (χ1n) is 12.2. The van der Waals surface area contributed by atoms with Crippen LogP contribution in [0.3, 0.4) is 0 Å². The molecule has 1 saturated carbocycles. The van der Waals surface area contributed by atoms with Crippen molar-refractivity contribution in [2.75, 3.05) is 59.2 Å². The van der Waals surface area contributed by atoms with Crippen LogP contribution in [0.4, 0.5) is 5.69 Å². The van der Waals surface area contributed by atoms with Gasteiger partial charge in [-0.15, -0.1) is 0 Å². The van der Waals surface area contributed by atoms with E-state index in [1.807, 2.05) is 13.1 Å². The summed E-state index contributed by atoms with van der Waals surface area (Å²) in [5.41, 5.74) is 2.76. The third-order valence-electron chi connectivity index (χ3n) is 8.39. The topological polar surface area (TPSA) is 45.6 Å². The Morgan fingerprint density at radius 1 is 1.13 bits per heavy atom. The molecule has 3 fully saturated rings. The highest BCUT2D eigenvalue weighted by Gasteiger charge is 2.44. The van der Waals surface area contributed by atoms with Gasteiger partial charge in [0, 0.05) is 37.8 Å². The molecule has 6 nitrogen and oxygen atoms in total. The summed E-state index contributed by atoms with van der Waals surface area (Å²) in [7, 11) is 5.92. The molecule has 0 bridgehead atoms. The molecular weight excluding hydrogens is 386 g/mol. The molecule has 2 aliphatic heterocycles. The van der Waals surface area contributed by atoms with E-state index < -0.39 is 0 Å². The Balaban J connectivity index is 1.10. The van der Waals surface area contributed by atoms with E-state index in [1.165, 1.54) is 83.1 Å². The maximum Gasteiger partial charge on any atom is 0.144 e. The molecule has 1 aromatic heterocycles. The molecule has 2 saturated heterocycles. The lowest BCUT2D eigenvalue weighted by Crippen LogP contribution is -2.46. The molecule has 0 radical (unpaired) electrons. The molecular formula is C25H39N5O. The van der Waals surface area contributed by atoms with Crippen LogP contribution >= 0.6 is 0 Å². The van der Waals surface area contributed by atoms with E-state index in [1.54, 1.807) is 7.11 Å². The summed E-state index contributed by atoms with van der Waals surface area (Å²) in [5, 5.41) is 9.28. The first kappa shape index (κ1) is 21.1. The van der Waals surface area contributed by atoms with Crippen molar-refractivity contribution in [2.45, 2.75) is 51.0 Å². The van der Waals surface area contributed by atoms with Crippen LogP contribution in [0.5, 0.6) is 5.75 Å². The largest absolute Gasteiger partial charge is 0.495 e. The van der Waals surface area contributed by atoms with Crippen LogP contribution < -0.4 is 10.1 Å². The number of benzene rings is 1. The van der Waals surface area contributed by atoms with Crippen molar-refractivity contribution in [1.29, 1.82) is 0 Å². The Morgan fingerprint density at radius 2 is 1.87 bits per heavy atom. The number of methoxy groups -OCH3 is 1. The normalized spacial score (nSPS) is 23.3. The molecule has 1 spiro atoms. The van der Waals surface area contributed by atoms with E-state index in [0.717, 1.165) is 28.3 Å². The van der Waals surface area contributed by atoms with Crippen molar-refractivity contribution < 1.29 is 4.74 Å². The van der Waals surface area contributed by atoms with Crippen molar-refractivity contribution >= 4 is 16.6 Å². The smallest absolute Gasteiger partial charge is 0.144 e. The molecule has 1 aliphatic carbocycles. The number of hydrogen-bond acceptors (Lipinski definition) is 5. The quantitative estimate of drug-likeness (QED) is 0.750. The number of anilines is 1. The van der Waals surface area contributed by atoms with Gasteiger partial charge in [-0.05, 0) is 89.0 Å². The molecule has 6 heteroatoms. The van der Waals surface area contributed by atoms with Crippen molar-refractivity contribution in [3.63, 3.8) is 0 Å². The highest BCUT2D eigenvalue weighted by Crippen LogP contribution is 2.53. The van der Waals surface area contributed by atoms with Gasteiger partial charge in [0.05, 0.1) is 24.4 Å². The zero-order chi connectivity index (χ0) is 21.4. The van der Waals surface area contributed by atoms with Gasteiger partial charge in [-0.25, -0.2) is 0 Å². The Hall–Kier alpha value is -1.79. The van der Waals surface area contributed by atoms with E-state index in [9.17, 15) is 0 Å². The van der Waals surface area contributed by atoms with Gasteiger partial charge in [-0.3, -0.25) is 4.68 Å². The summed E-state index contributed by atoms with van der Waals surface area (Å²) in [5.74, 6) is 1.84. The summed E-state index contributed by atoms with van der Waals surface area (Å²) in [6.07, 6.45) is 11.9. The lowest BCUT2D eigenvalue weighted by molar-refractivity contribution is -0.0144. The maximum absolute atomic E-state index is 5.49. The maximum atomic E-state index is 5.49. The minimum atomic E-state index is 0.513. The summed E-state index contributed by atoms with van der Waals surface area (Å²) in [4.78, 5) is 5.20. The number of piperidine rings is 2. The van der Waals surface area contributed by atoms with E-state index in [-0.39, 0.29) is 0 Å². The predicted molar refractivity (Wildman–Crippen MR) is 127 cm³/mol. The third-order valence-corrected chi connectivity index (χ3v) is 8.39. The van der Waals surface area contributed by atoms with Crippen LogP contribution in [-0.4, -0.2) is 73.5 Å². The molecule has 1 N–H and O–H groups in total. The van der Waals surface area contributed by atoms with Gasteiger partial charge >= 0.3 is 0 Å². The first-order valence-corrected chi connectivity index (χ1v) is 12.2. The fourth-order valence-corrected chi connectivity index (χ4v) is 6.27. The second-order valence-electron chi connectivity index (χ2n) is 10.4. The number of nitrogens with one attached hydrogen (secondary N) is 1. The number of ether oxygens (including phenoxy) is 1. The van der Waals surface area contributed by atoms with Crippen LogP contribution in [0.25, 0.3) is 10.9 Å². The lowest BCUT2D eigenvalue weighted by Gasteiger charge is -2.52. The summed E-state index contributed by atoms with van der Waals surface area (Å²) in [6, 6.07) is 4.70. The minimum Gasteiger partial charge on any atom is -0.495 e. The number of aromatic nitrogens is 2. The first-order chi connectivity index (χ1) is 15.1. The van der Waals surface area contributed by atoms with E-state index in [4.69, 9.17) is 9.84 Å². The number of hydrogen-bond donors (Lipinski definition) is 1. The Kier molecular flexibility index (Phi) is 5.86. The Labute approximate surface area is 186 Å². The fourth-order valence-electron chi connectivity index (χ4n) is 6.27. The summed E-state index contributed by atoms with van der Waals surface area (Å²) < 4.78 is 7.70. The van der Waals surface area contributed by atoms with Gasteiger partial charge in [-0.2, -0.15) is 5.10 Å². The molecule has 0 amide bonds. The number of rotatable bonds is 6. The number of nitrogens with zero attached hydrogens (tertiary/aromatic N) is 4. The van der Waals surface area contributed by atoms with Crippen molar-refractivity contribution in [1.82, 2.24) is 19.6 Å². The van der Waals surface area contributed by atoms with E-state index in [2.05, 4.69) is 39.1 Å². The summed E-state index contributed by atoms with van der Waals surface area (Å²) >= 11 is 0. The molecule has 2 aromatic rings. The van der Waals surface area contributed by atoms with Crippen molar-refractivity contribution in [3.8, 4) is 5.75 Å². The van der Waals surface area contributed by atoms with Crippen LogP contribution in [0.1, 0.15) is 51.0 Å². The Morgan fingerprint density at radius 3 is 2.55 bits per heavy atom. The summed E-state index contributed by atoms with van der Waals surface area (Å²) in [6.45, 7) is 6.32.